The zero-order valence-electron chi connectivity index (χ0n) is 14.7. The summed E-state index contributed by atoms with van der Waals surface area (Å²) in [7, 11) is 0. The molecule has 27 heavy (non-hydrogen) atoms. The van der Waals surface area contributed by atoms with E-state index in [-0.39, 0.29) is 11.9 Å². The van der Waals surface area contributed by atoms with Crippen molar-refractivity contribution in [3.8, 4) is 10.6 Å². The number of carbonyl (C=O) groups is 2. The van der Waals surface area contributed by atoms with Gasteiger partial charge in [-0.05, 0) is 24.4 Å². The summed E-state index contributed by atoms with van der Waals surface area (Å²) in [5.41, 5.74) is 1.77. The molecule has 3 aromatic rings. The monoisotopic (exact) mass is 402 g/mol. The molecule has 9 heteroatoms. The fourth-order valence-electron chi connectivity index (χ4n) is 3.09. The predicted octanol–water partition coefficient (Wildman–Crippen LogP) is 2.58. The number of carbonyl (C=O) groups excluding carboxylic acids is 2. The van der Waals surface area contributed by atoms with Gasteiger partial charge in [0.25, 0.3) is 5.91 Å². The van der Waals surface area contributed by atoms with Gasteiger partial charge in [0.15, 0.2) is 5.65 Å². The molecule has 0 radical (unpaired) electrons. The van der Waals surface area contributed by atoms with Gasteiger partial charge in [0, 0.05) is 24.2 Å². The maximum Gasteiger partial charge on any atom is 0.329 e. The molecule has 3 aromatic heterocycles. The summed E-state index contributed by atoms with van der Waals surface area (Å²) in [6, 6.07) is 5.27. The lowest BCUT2D eigenvalue weighted by Gasteiger charge is -2.33. The average Bonchev–Trinajstić information content (AvgIpc) is 3.37. The largest absolute Gasteiger partial charge is 0.464 e. The van der Waals surface area contributed by atoms with Crippen LogP contribution in [0.25, 0.3) is 16.2 Å². The summed E-state index contributed by atoms with van der Waals surface area (Å²) in [6.45, 7) is 2.56. The molecule has 1 unspecified atom stereocenters. The number of rotatable bonds is 4. The van der Waals surface area contributed by atoms with Crippen molar-refractivity contribution in [3.63, 3.8) is 0 Å². The average molecular weight is 403 g/mol. The predicted molar refractivity (Wildman–Crippen MR) is 105 cm³/mol. The Balaban J connectivity index is 1.70. The van der Waals surface area contributed by atoms with Crippen LogP contribution in [0.4, 0.5) is 0 Å². The minimum atomic E-state index is -0.577. The third-order valence-electron chi connectivity index (χ3n) is 4.35. The molecule has 1 atom stereocenters. The Labute approximate surface area is 164 Å². The Morgan fingerprint density at radius 2 is 2.26 bits per heavy atom. The Morgan fingerprint density at radius 1 is 1.37 bits per heavy atom. The summed E-state index contributed by atoms with van der Waals surface area (Å²) in [5.74, 6) is 0.729. The number of nitrogens with zero attached hydrogens (tertiary/aromatic N) is 4. The third-order valence-corrected chi connectivity index (χ3v) is 6.27. The number of ether oxygens (including phenoxy) is 1. The molecule has 0 aliphatic carbocycles. The van der Waals surface area contributed by atoms with E-state index in [9.17, 15) is 9.59 Å². The van der Waals surface area contributed by atoms with Gasteiger partial charge < -0.3 is 9.64 Å². The van der Waals surface area contributed by atoms with E-state index in [0.29, 0.717) is 30.1 Å². The van der Waals surface area contributed by atoms with Gasteiger partial charge >= 0.3 is 5.97 Å². The number of fused-ring (bicyclic) bond motifs is 1. The van der Waals surface area contributed by atoms with Gasteiger partial charge in [-0.2, -0.15) is 16.9 Å². The first-order chi connectivity index (χ1) is 13.2. The summed E-state index contributed by atoms with van der Waals surface area (Å²) in [5, 5.41) is 6.38. The minimum absolute atomic E-state index is 0.237. The summed E-state index contributed by atoms with van der Waals surface area (Å²) in [6.07, 6.45) is 3.21. The van der Waals surface area contributed by atoms with Gasteiger partial charge in [0.1, 0.15) is 11.6 Å². The van der Waals surface area contributed by atoms with Crippen molar-refractivity contribution < 1.29 is 14.3 Å². The van der Waals surface area contributed by atoms with Crippen LogP contribution in [0, 0.1) is 0 Å². The number of amides is 1. The van der Waals surface area contributed by atoms with Gasteiger partial charge in [-0.1, -0.05) is 6.07 Å². The number of hydrogen-bond donors (Lipinski definition) is 0. The summed E-state index contributed by atoms with van der Waals surface area (Å²) >= 11 is 3.25. The number of esters is 1. The molecule has 0 N–H and O–H groups in total. The van der Waals surface area contributed by atoms with Crippen LogP contribution in [0.1, 0.15) is 17.3 Å². The Hall–Kier alpha value is -2.39. The summed E-state index contributed by atoms with van der Waals surface area (Å²) < 4.78 is 6.83. The van der Waals surface area contributed by atoms with Crippen LogP contribution in [0.3, 0.4) is 0 Å². The quantitative estimate of drug-likeness (QED) is 0.625. The number of thiophene rings is 1. The molecule has 0 spiro atoms. The molecule has 1 saturated heterocycles. The van der Waals surface area contributed by atoms with Crippen LogP contribution in [0.15, 0.2) is 36.0 Å². The molecule has 0 saturated carbocycles. The molecule has 4 heterocycles. The standard InChI is InChI=1S/C18H18N4O3S2/c1-2-25-18(24)14-11-26-9-7-21(14)17(23)12-10-20-22-13(5-6-19-16(12)22)15-4-3-8-27-15/h3-6,8,10,14H,2,7,9,11H2,1H3. The van der Waals surface area contributed by atoms with Gasteiger partial charge in [-0.15, -0.1) is 11.3 Å². The van der Waals surface area contributed by atoms with Crippen molar-refractivity contribution in [1.29, 1.82) is 0 Å². The fourth-order valence-corrected chi connectivity index (χ4v) is 4.86. The molecule has 1 fully saturated rings. The first-order valence-corrected chi connectivity index (χ1v) is 10.7. The Bertz CT molecular complexity index is 970. The van der Waals surface area contributed by atoms with Crippen LogP contribution in [-0.4, -0.2) is 62.1 Å². The SMILES string of the molecule is CCOC(=O)C1CSCCN1C(=O)c1cnn2c(-c3cccs3)ccnc12. The van der Waals surface area contributed by atoms with Crippen molar-refractivity contribution in [1.82, 2.24) is 19.5 Å². The molecule has 0 bridgehead atoms. The van der Waals surface area contributed by atoms with Crippen LogP contribution in [0.5, 0.6) is 0 Å². The number of aromatic nitrogens is 3. The van der Waals surface area contributed by atoms with Crippen LogP contribution < -0.4 is 0 Å². The van der Waals surface area contributed by atoms with E-state index in [1.807, 2.05) is 23.6 Å². The molecule has 1 aliphatic rings. The Morgan fingerprint density at radius 3 is 3.04 bits per heavy atom. The summed E-state index contributed by atoms with van der Waals surface area (Å²) in [4.78, 5) is 32.5. The lowest BCUT2D eigenvalue weighted by Crippen LogP contribution is -2.51. The second kappa shape index (κ2) is 7.69. The second-order valence-corrected chi connectivity index (χ2v) is 8.04. The molecule has 1 amide bonds. The molecular weight excluding hydrogens is 384 g/mol. The zero-order chi connectivity index (χ0) is 18.8. The first-order valence-electron chi connectivity index (χ1n) is 8.62. The van der Waals surface area contributed by atoms with Gasteiger partial charge in [0.2, 0.25) is 0 Å². The zero-order valence-corrected chi connectivity index (χ0v) is 16.3. The van der Waals surface area contributed by atoms with E-state index in [1.54, 1.807) is 45.6 Å². The smallest absolute Gasteiger partial charge is 0.329 e. The number of thioether (sulfide) groups is 1. The lowest BCUT2D eigenvalue weighted by molar-refractivity contribution is -0.147. The van der Waals surface area contributed by atoms with E-state index in [0.717, 1.165) is 16.3 Å². The molecule has 1 aliphatic heterocycles. The van der Waals surface area contributed by atoms with Gasteiger partial charge in [-0.3, -0.25) is 4.79 Å². The molecular formula is C18H18N4O3S2. The van der Waals surface area contributed by atoms with Crippen molar-refractivity contribution in [2.75, 3.05) is 24.7 Å². The number of hydrogen-bond acceptors (Lipinski definition) is 7. The molecule has 140 valence electrons. The van der Waals surface area contributed by atoms with Crippen LogP contribution >= 0.6 is 23.1 Å². The van der Waals surface area contributed by atoms with Crippen molar-refractivity contribution in [2.45, 2.75) is 13.0 Å². The van der Waals surface area contributed by atoms with E-state index >= 15 is 0 Å². The molecule has 4 rings (SSSR count). The highest BCUT2D eigenvalue weighted by molar-refractivity contribution is 7.99. The Kier molecular flexibility index (Phi) is 5.13. The van der Waals surface area contributed by atoms with Gasteiger partial charge in [-0.25, -0.2) is 14.3 Å². The molecule has 0 aromatic carbocycles. The fraction of sp³-hybridized carbons (Fsp3) is 0.333. The van der Waals surface area contributed by atoms with E-state index in [2.05, 4.69) is 10.1 Å². The van der Waals surface area contributed by atoms with Crippen molar-refractivity contribution in [2.24, 2.45) is 0 Å². The minimum Gasteiger partial charge on any atom is -0.464 e. The lowest BCUT2D eigenvalue weighted by atomic mass is 10.2. The maximum absolute atomic E-state index is 13.2. The van der Waals surface area contributed by atoms with Crippen molar-refractivity contribution in [3.05, 3.63) is 41.5 Å². The highest BCUT2D eigenvalue weighted by Crippen LogP contribution is 2.26. The van der Waals surface area contributed by atoms with E-state index in [4.69, 9.17) is 4.74 Å². The maximum atomic E-state index is 13.2. The topological polar surface area (TPSA) is 76.8 Å². The second-order valence-electron chi connectivity index (χ2n) is 5.94. The molecule has 7 nitrogen and oxygen atoms in total. The van der Waals surface area contributed by atoms with Gasteiger partial charge in [0.05, 0.1) is 23.4 Å². The highest BCUT2D eigenvalue weighted by Gasteiger charge is 2.35. The van der Waals surface area contributed by atoms with Crippen molar-refractivity contribution >= 4 is 40.6 Å². The third kappa shape index (κ3) is 3.32. The van der Waals surface area contributed by atoms with Crippen LogP contribution in [-0.2, 0) is 9.53 Å². The van der Waals surface area contributed by atoms with Crippen LogP contribution in [0.2, 0.25) is 0 Å². The van der Waals surface area contributed by atoms with E-state index in [1.165, 1.54) is 6.20 Å². The normalized spacial score (nSPS) is 17.2. The highest BCUT2D eigenvalue weighted by atomic mass is 32.2. The first kappa shape index (κ1) is 18.0. The van der Waals surface area contributed by atoms with E-state index < -0.39 is 6.04 Å².